The maximum atomic E-state index is 10.5. The summed E-state index contributed by atoms with van der Waals surface area (Å²) in [5.74, 6) is 0. The number of rotatable bonds is 8. The Bertz CT molecular complexity index is 304. The second-order valence-electron chi connectivity index (χ2n) is 5.82. The molecule has 0 heterocycles. The van der Waals surface area contributed by atoms with Crippen LogP contribution >= 0.6 is 0 Å². The van der Waals surface area contributed by atoms with Gasteiger partial charge in [-0.1, -0.05) is 5.16 Å². The summed E-state index contributed by atoms with van der Waals surface area (Å²) in [6.45, 7) is 12.9. The molecule has 6 heteroatoms. The van der Waals surface area contributed by atoms with Gasteiger partial charge in [0.1, 0.15) is 0 Å². The van der Waals surface area contributed by atoms with E-state index in [1.54, 1.807) is 13.8 Å². The Hall–Kier alpha value is -1.14. The minimum atomic E-state index is -0.375. The molecule has 0 bridgehead atoms. The molecular formula is C13H27N4O2-. The van der Waals surface area contributed by atoms with E-state index < -0.39 is 0 Å². The van der Waals surface area contributed by atoms with E-state index in [1.165, 1.54) is 0 Å². The molecule has 0 aromatic carbocycles. The molecule has 0 radical (unpaired) electrons. The molecule has 0 spiro atoms. The molecule has 0 fully saturated rings. The maximum absolute atomic E-state index is 10.5. The normalized spacial score (nSPS) is 14.8. The Morgan fingerprint density at radius 2 is 1.42 bits per heavy atom. The van der Waals surface area contributed by atoms with Crippen molar-refractivity contribution < 1.29 is 5.21 Å². The van der Waals surface area contributed by atoms with E-state index >= 15 is 0 Å². The molecule has 0 aliphatic carbocycles. The third-order valence-corrected chi connectivity index (χ3v) is 3.58. The van der Waals surface area contributed by atoms with Gasteiger partial charge in [0.05, 0.1) is 16.8 Å². The summed E-state index contributed by atoms with van der Waals surface area (Å²) >= 11 is 0. The minimum absolute atomic E-state index is 0.323. The number of hydrogen-bond donors (Lipinski definition) is 3. The van der Waals surface area contributed by atoms with E-state index in [4.69, 9.17) is 5.21 Å². The highest BCUT2D eigenvalue weighted by Gasteiger charge is 2.22. The summed E-state index contributed by atoms with van der Waals surface area (Å²) in [5.41, 5.74) is 0.496. The smallest absolute Gasteiger partial charge is 0.0734 e. The molecule has 0 amide bonds. The van der Waals surface area contributed by atoms with Gasteiger partial charge in [0.15, 0.2) is 0 Å². The molecule has 3 N–H and O–H groups in total. The molecular weight excluding hydrogens is 244 g/mol. The molecule has 6 nitrogen and oxygen atoms in total. The van der Waals surface area contributed by atoms with Crippen LogP contribution in [0.2, 0.25) is 0 Å². The Balaban J connectivity index is 4.02. The van der Waals surface area contributed by atoms with Crippen LogP contribution in [0.4, 0.5) is 0 Å². The van der Waals surface area contributed by atoms with Gasteiger partial charge in [0.25, 0.3) is 0 Å². The summed E-state index contributed by atoms with van der Waals surface area (Å²) in [4.78, 5) is 0. The van der Waals surface area contributed by atoms with Crippen molar-refractivity contribution in [3.63, 3.8) is 0 Å². The van der Waals surface area contributed by atoms with Crippen molar-refractivity contribution in [1.29, 1.82) is 0 Å². The molecule has 0 atom stereocenters. The Kier molecular flexibility index (Phi) is 7.00. The molecule has 0 rings (SSSR count). The van der Waals surface area contributed by atoms with Crippen molar-refractivity contribution in [3.8, 4) is 0 Å². The van der Waals surface area contributed by atoms with Crippen molar-refractivity contribution in [1.82, 2.24) is 10.6 Å². The van der Waals surface area contributed by atoms with Crippen LogP contribution in [0.3, 0.4) is 0 Å². The summed E-state index contributed by atoms with van der Waals surface area (Å²) in [6.07, 6.45) is 0.901. The molecule has 19 heavy (non-hydrogen) atoms. The van der Waals surface area contributed by atoms with Crippen molar-refractivity contribution in [2.24, 2.45) is 10.3 Å². The first kappa shape index (κ1) is 17.9. The van der Waals surface area contributed by atoms with Crippen LogP contribution in [0.15, 0.2) is 10.3 Å². The fraction of sp³-hybridized carbons (Fsp3) is 0.846. The third kappa shape index (κ3) is 6.02. The van der Waals surface area contributed by atoms with E-state index in [9.17, 15) is 5.21 Å². The summed E-state index contributed by atoms with van der Waals surface area (Å²) in [7, 11) is 0. The Morgan fingerprint density at radius 3 is 1.79 bits per heavy atom. The monoisotopic (exact) mass is 271 g/mol. The van der Waals surface area contributed by atoms with Gasteiger partial charge < -0.3 is 26.2 Å². The van der Waals surface area contributed by atoms with Crippen LogP contribution in [0.1, 0.15) is 48.0 Å². The average Bonchev–Trinajstić information content (AvgIpc) is 2.35. The number of hydrogen-bond acceptors (Lipinski definition) is 6. The number of nitrogens with one attached hydrogen (secondary N) is 2. The predicted molar refractivity (Wildman–Crippen MR) is 80.2 cm³/mol. The second-order valence-corrected chi connectivity index (χ2v) is 5.82. The molecule has 0 unspecified atom stereocenters. The van der Waals surface area contributed by atoms with Crippen LogP contribution in [0, 0.1) is 5.21 Å². The Labute approximate surface area is 116 Å². The SMILES string of the molecule is CC(=N[O-])C(C)(C)NCCCNC(C)(C)C(C)=NO. The standard InChI is InChI=1S/C13H28N4O2/c1-10(16-18)12(3,4)14-8-7-9-15-13(5,6)11(2)17-19/h14-15,18-19H,7-9H2,1-6H3/p-1. The lowest BCUT2D eigenvalue weighted by Crippen LogP contribution is -2.48. The quantitative estimate of drug-likeness (QED) is 0.272. The zero-order valence-electron chi connectivity index (χ0n) is 12.9. The van der Waals surface area contributed by atoms with Crippen LogP contribution in [0.25, 0.3) is 0 Å². The van der Waals surface area contributed by atoms with Gasteiger partial charge in [-0.3, -0.25) is 0 Å². The van der Waals surface area contributed by atoms with Crippen molar-refractivity contribution in [3.05, 3.63) is 5.21 Å². The molecule has 0 aliphatic heterocycles. The third-order valence-electron chi connectivity index (χ3n) is 3.58. The van der Waals surface area contributed by atoms with Crippen LogP contribution in [-0.2, 0) is 0 Å². The van der Waals surface area contributed by atoms with E-state index in [-0.39, 0.29) is 11.1 Å². The van der Waals surface area contributed by atoms with Crippen LogP contribution in [0.5, 0.6) is 0 Å². The number of oxime groups is 1. The molecule has 112 valence electrons. The van der Waals surface area contributed by atoms with Gasteiger partial charge in [-0.25, -0.2) is 0 Å². The summed E-state index contributed by atoms with van der Waals surface area (Å²) in [5, 5.41) is 32.1. The highest BCUT2D eigenvalue weighted by molar-refractivity contribution is 5.91. The second kappa shape index (κ2) is 7.45. The molecule has 0 saturated heterocycles. The van der Waals surface area contributed by atoms with Gasteiger partial charge in [-0.15, -0.1) is 0 Å². The van der Waals surface area contributed by atoms with Gasteiger partial charge in [0.2, 0.25) is 0 Å². The van der Waals surface area contributed by atoms with E-state index in [0.717, 1.165) is 19.5 Å². The summed E-state index contributed by atoms with van der Waals surface area (Å²) < 4.78 is 0. The first-order chi connectivity index (χ1) is 8.67. The first-order valence-electron chi connectivity index (χ1n) is 6.54. The fourth-order valence-electron chi connectivity index (χ4n) is 1.39. The maximum Gasteiger partial charge on any atom is 0.0734 e. The molecule has 0 aliphatic rings. The van der Waals surface area contributed by atoms with Crippen molar-refractivity contribution in [2.75, 3.05) is 13.1 Å². The molecule has 0 aromatic heterocycles. The Morgan fingerprint density at radius 1 is 1.00 bits per heavy atom. The topological polar surface area (TPSA) is 92.1 Å². The van der Waals surface area contributed by atoms with Gasteiger partial charge in [-0.05, 0) is 61.1 Å². The van der Waals surface area contributed by atoms with Gasteiger partial charge in [0, 0.05) is 5.71 Å². The number of nitrogens with zero attached hydrogens (tertiary/aromatic N) is 2. The largest absolute Gasteiger partial charge is 0.792 e. The lowest BCUT2D eigenvalue weighted by atomic mass is 9.99. The van der Waals surface area contributed by atoms with Crippen LogP contribution in [-0.4, -0.2) is 40.8 Å². The van der Waals surface area contributed by atoms with Crippen molar-refractivity contribution >= 4 is 11.4 Å². The molecule has 0 saturated carbocycles. The zero-order chi connectivity index (χ0) is 15.1. The average molecular weight is 271 g/mol. The highest BCUT2D eigenvalue weighted by atomic mass is 16.4. The first-order valence-corrected chi connectivity index (χ1v) is 6.54. The van der Waals surface area contributed by atoms with Crippen LogP contribution < -0.4 is 10.6 Å². The lowest BCUT2D eigenvalue weighted by Gasteiger charge is -2.28. The highest BCUT2D eigenvalue weighted by Crippen LogP contribution is 2.06. The van der Waals surface area contributed by atoms with E-state index in [2.05, 4.69) is 20.9 Å². The lowest BCUT2D eigenvalue weighted by molar-refractivity contribution is 0.310. The fourth-order valence-corrected chi connectivity index (χ4v) is 1.39. The predicted octanol–water partition coefficient (Wildman–Crippen LogP) is 1.92. The van der Waals surface area contributed by atoms with Gasteiger partial charge >= 0.3 is 0 Å². The molecule has 0 aromatic rings. The summed E-state index contributed by atoms with van der Waals surface area (Å²) in [6, 6.07) is 0. The van der Waals surface area contributed by atoms with E-state index in [0.29, 0.717) is 11.4 Å². The van der Waals surface area contributed by atoms with E-state index in [1.807, 2.05) is 27.7 Å². The van der Waals surface area contributed by atoms with Crippen molar-refractivity contribution in [2.45, 2.75) is 59.0 Å². The minimum Gasteiger partial charge on any atom is -0.792 e. The van der Waals surface area contributed by atoms with Gasteiger partial charge in [-0.2, -0.15) is 0 Å². The zero-order valence-corrected chi connectivity index (χ0v) is 12.9.